The van der Waals surface area contributed by atoms with Crippen LogP contribution in [-0.2, 0) is 4.79 Å². The molecule has 19 heavy (non-hydrogen) atoms. The monoisotopic (exact) mass is 261 g/mol. The average Bonchev–Trinajstić information content (AvgIpc) is 2.88. The second-order valence-corrected chi connectivity index (χ2v) is 5.59. The molecule has 0 radical (unpaired) electrons. The maximum atomic E-state index is 11.9. The fourth-order valence-corrected chi connectivity index (χ4v) is 3.01. The van der Waals surface area contributed by atoms with Gasteiger partial charge in [0.1, 0.15) is 0 Å². The van der Waals surface area contributed by atoms with Gasteiger partial charge in [-0.3, -0.25) is 15.1 Å². The number of nitrogens with two attached hydrogens (primary N) is 1. The lowest BCUT2D eigenvalue weighted by atomic mass is 9.98. The Morgan fingerprint density at radius 3 is 2.63 bits per heavy atom. The summed E-state index contributed by atoms with van der Waals surface area (Å²) in [5.41, 5.74) is 3.66. The number of nitrogens with zero attached hydrogens (tertiary/aromatic N) is 1. The maximum absolute atomic E-state index is 11.9. The van der Waals surface area contributed by atoms with Crippen molar-refractivity contribution in [2.24, 2.45) is 11.8 Å². The summed E-state index contributed by atoms with van der Waals surface area (Å²) in [6, 6.07) is 10.4. The van der Waals surface area contributed by atoms with Crippen LogP contribution in [0, 0.1) is 5.92 Å². The molecule has 1 amide bonds. The van der Waals surface area contributed by atoms with E-state index in [2.05, 4.69) is 48.4 Å². The zero-order chi connectivity index (χ0) is 13.8. The molecule has 1 aromatic carbocycles. The number of hydrogen-bond acceptors (Lipinski definition) is 3. The first kappa shape index (κ1) is 14.0. The Morgan fingerprint density at radius 2 is 2.05 bits per heavy atom. The largest absolute Gasteiger partial charge is 0.293 e. The number of carbonyl (C=O) groups is 1. The first-order valence-corrected chi connectivity index (χ1v) is 6.93. The minimum Gasteiger partial charge on any atom is -0.293 e. The van der Waals surface area contributed by atoms with Gasteiger partial charge in [-0.2, -0.15) is 0 Å². The first-order chi connectivity index (χ1) is 9.13. The Labute approximate surface area is 114 Å². The second-order valence-electron chi connectivity index (χ2n) is 5.59. The maximum Gasteiger partial charge on any atom is 0.251 e. The molecule has 0 bridgehead atoms. The number of carbonyl (C=O) groups excluding carboxylic acids is 1. The molecule has 1 aliphatic heterocycles. The van der Waals surface area contributed by atoms with Gasteiger partial charge in [0.05, 0.1) is 6.04 Å². The molecular weight excluding hydrogens is 238 g/mol. The number of hydrazine groups is 1. The third-order valence-electron chi connectivity index (χ3n) is 3.93. The number of rotatable bonds is 4. The summed E-state index contributed by atoms with van der Waals surface area (Å²) in [5.74, 6) is 6.00. The van der Waals surface area contributed by atoms with E-state index in [-0.39, 0.29) is 17.9 Å². The van der Waals surface area contributed by atoms with Crippen molar-refractivity contribution in [3.8, 4) is 0 Å². The summed E-state index contributed by atoms with van der Waals surface area (Å²) >= 11 is 0. The number of nitrogens with one attached hydrogen (secondary N) is 1. The van der Waals surface area contributed by atoms with E-state index < -0.39 is 0 Å². The van der Waals surface area contributed by atoms with Gasteiger partial charge in [-0.05, 0) is 30.4 Å². The van der Waals surface area contributed by atoms with Gasteiger partial charge < -0.3 is 0 Å². The van der Waals surface area contributed by atoms with Crippen LogP contribution in [0.5, 0.6) is 0 Å². The second kappa shape index (κ2) is 6.17. The lowest BCUT2D eigenvalue weighted by Crippen LogP contribution is -2.50. The van der Waals surface area contributed by atoms with Crippen LogP contribution in [-0.4, -0.2) is 29.9 Å². The van der Waals surface area contributed by atoms with Crippen molar-refractivity contribution in [1.29, 1.82) is 0 Å². The number of hydrogen-bond donors (Lipinski definition) is 2. The lowest BCUT2D eigenvalue weighted by Gasteiger charge is -2.29. The molecule has 1 aliphatic rings. The number of benzene rings is 1. The van der Waals surface area contributed by atoms with E-state index in [9.17, 15) is 4.79 Å². The fraction of sp³-hybridized carbons (Fsp3) is 0.533. The molecule has 0 aromatic heterocycles. The molecule has 4 nitrogen and oxygen atoms in total. The zero-order valence-corrected chi connectivity index (χ0v) is 11.7. The predicted molar refractivity (Wildman–Crippen MR) is 76.3 cm³/mol. The molecule has 2 rings (SSSR count). The molecule has 1 fully saturated rings. The summed E-state index contributed by atoms with van der Waals surface area (Å²) < 4.78 is 0. The quantitative estimate of drug-likeness (QED) is 0.490. The van der Waals surface area contributed by atoms with Crippen molar-refractivity contribution in [3.63, 3.8) is 0 Å². The molecule has 1 heterocycles. The Kier molecular flexibility index (Phi) is 4.56. The minimum atomic E-state index is -0.126. The van der Waals surface area contributed by atoms with Crippen LogP contribution in [0.1, 0.15) is 31.7 Å². The highest BCUT2D eigenvalue weighted by Gasteiger charge is 2.34. The normalized spacial score (nSPS) is 21.6. The van der Waals surface area contributed by atoms with Gasteiger partial charge in [0, 0.05) is 6.54 Å². The van der Waals surface area contributed by atoms with E-state index in [1.54, 1.807) is 0 Å². The van der Waals surface area contributed by atoms with Crippen molar-refractivity contribution < 1.29 is 4.79 Å². The van der Waals surface area contributed by atoms with Crippen LogP contribution in [0.15, 0.2) is 30.3 Å². The number of amides is 1. The van der Waals surface area contributed by atoms with Crippen LogP contribution in [0.2, 0.25) is 0 Å². The SMILES string of the molecule is CC(C)C(C(=O)NN)N1CCC(c2ccccc2)C1. The van der Waals surface area contributed by atoms with Crippen molar-refractivity contribution in [1.82, 2.24) is 10.3 Å². The predicted octanol–water partition coefficient (Wildman–Crippen LogP) is 1.49. The van der Waals surface area contributed by atoms with Crippen LogP contribution in [0.25, 0.3) is 0 Å². The van der Waals surface area contributed by atoms with Crippen molar-refractivity contribution in [3.05, 3.63) is 35.9 Å². The van der Waals surface area contributed by atoms with E-state index in [0.29, 0.717) is 5.92 Å². The highest BCUT2D eigenvalue weighted by atomic mass is 16.2. The lowest BCUT2D eigenvalue weighted by molar-refractivity contribution is -0.127. The zero-order valence-electron chi connectivity index (χ0n) is 11.7. The van der Waals surface area contributed by atoms with E-state index in [1.807, 2.05) is 6.07 Å². The molecule has 1 aromatic rings. The van der Waals surface area contributed by atoms with Crippen molar-refractivity contribution in [2.75, 3.05) is 13.1 Å². The van der Waals surface area contributed by atoms with Crippen LogP contribution in [0.4, 0.5) is 0 Å². The Bertz CT molecular complexity index is 419. The first-order valence-electron chi connectivity index (χ1n) is 6.93. The average molecular weight is 261 g/mol. The van der Waals surface area contributed by atoms with Gasteiger partial charge in [0.2, 0.25) is 0 Å². The third kappa shape index (κ3) is 3.14. The third-order valence-corrected chi connectivity index (χ3v) is 3.93. The molecule has 0 spiro atoms. The summed E-state index contributed by atoms with van der Waals surface area (Å²) in [7, 11) is 0. The van der Waals surface area contributed by atoms with Gasteiger partial charge in [0.25, 0.3) is 5.91 Å². The molecule has 2 unspecified atom stereocenters. The van der Waals surface area contributed by atoms with Crippen molar-refractivity contribution in [2.45, 2.75) is 32.2 Å². The molecule has 0 aliphatic carbocycles. The van der Waals surface area contributed by atoms with Gasteiger partial charge >= 0.3 is 0 Å². The Hall–Kier alpha value is -1.39. The molecule has 1 saturated heterocycles. The summed E-state index contributed by atoms with van der Waals surface area (Å²) in [6.07, 6.45) is 1.10. The Morgan fingerprint density at radius 1 is 1.37 bits per heavy atom. The fourth-order valence-electron chi connectivity index (χ4n) is 3.01. The molecule has 4 heteroatoms. The van der Waals surface area contributed by atoms with E-state index in [0.717, 1.165) is 19.5 Å². The van der Waals surface area contributed by atoms with Gasteiger partial charge in [-0.1, -0.05) is 44.2 Å². The van der Waals surface area contributed by atoms with Crippen molar-refractivity contribution >= 4 is 5.91 Å². The molecular formula is C15H23N3O. The molecule has 104 valence electrons. The molecule has 3 N–H and O–H groups in total. The van der Waals surface area contributed by atoms with E-state index >= 15 is 0 Å². The highest BCUT2D eigenvalue weighted by molar-refractivity contribution is 5.81. The number of likely N-dealkylation sites (tertiary alicyclic amines) is 1. The summed E-state index contributed by atoms with van der Waals surface area (Å²) in [4.78, 5) is 14.2. The minimum absolute atomic E-state index is 0.0799. The van der Waals surface area contributed by atoms with Gasteiger partial charge in [-0.25, -0.2) is 5.84 Å². The molecule has 2 atom stereocenters. The smallest absolute Gasteiger partial charge is 0.251 e. The van der Waals surface area contributed by atoms with Crippen LogP contribution < -0.4 is 11.3 Å². The van der Waals surface area contributed by atoms with Crippen LogP contribution >= 0.6 is 0 Å². The van der Waals surface area contributed by atoms with Crippen LogP contribution in [0.3, 0.4) is 0 Å². The van der Waals surface area contributed by atoms with E-state index in [4.69, 9.17) is 5.84 Å². The summed E-state index contributed by atoms with van der Waals surface area (Å²) in [6.45, 7) is 6.02. The Balaban J connectivity index is 2.06. The molecule has 0 saturated carbocycles. The van der Waals surface area contributed by atoms with Gasteiger partial charge in [-0.15, -0.1) is 0 Å². The highest BCUT2D eigenvalue weighted by Crippen LogP contribution is 2.29. The standard InChI is InChI=1S/C15H23N3O/c1-11(2)14(15(19)17-16)18-9-8-13(10-18)12-6-4-3-5-7-12/h3-7,11,13-14H,8-10,16H2,1-2H3,(H,17,19). The van der Waals surface area contributed by atoms with Gasteiger partial charge in [0.15, 0.2) is 0 Å². The topological polar surface area (TPSA) is 58.4 Å². The summed E-state index contributed by atoms with van der Waals surface area (Å²) in [5, 5.41) is 0. The van der Waals surface area contributed by atoms with E-state index in [1.165, 1.54) is 5.56 Å².